The molecule has 1 aliphatic rings. The molecule has 144 valence electrons. The second-order valence-corrected chi connectivity index (χ2v) is 8.34. The van der Waals surface area contributed by atoms with Crippen LogP contribution in [0.2, 0.25) is 5.02 Å². The fraction of sp³-hybridized carbons (Fsp3) is 0.286. The van der Waals surface area contributed by atoms with Crippen molar-refractivity contribution in [1.29, 1.82) is 0 Å². The van der Waals surface area contributed by atoms with Crippen LogP contribution in [-0.2, 0) is 4.79 Å². The van der Waals surface area contributed by atoms with Crippen molar-refractivity contribution >= 4 is 29.3 Å². The van der Waals surface area contributed by atoms with Gasteiger partial charge >= 0.3 is 0 Å². The molecule has 0 spiro atoms. The summed E-state index contributed by atoms with van der Waals surface area (Å²) in [6.07, 6.45) is 3.79. The molecular weight excluding hydrogens is 392 g/mol. The van der Waals surface area contributed by atoms with Crippen LogP contribution in [-0.4, -0.2) is 38.7 Å². The maximum Gasteiger partial charge on any atom is 0.240 e. The first-order chi connectivity index (χ1) is 13.6. The molecule has 2 heterocycles. The highest BCUT2D eigenvalue weighted by atomic mass is 35.5. The van der Waals surface area contributed by atoms with Crippen molar-refractivity contribution in [2.75, 3.05) is 13.1 Å². The van der Waals surface area contributed by atoms with Crippen molar-refractivity contribution in [3.05, 3.63) is 71.0 Å². The van der Waals surface area contributed by atoms with E-state index in [1.807, 2.05) is 64.9 Å². The Labute approximate surface area is 173 Å². The molecule has 1 aliphatic heterocycles. The Morgan fingerprint density at radius 2 is 1.89 bits per heavy atom. The third-order valence-corrected chi connectivity index (χ3v) is 6.52. The van der Waals surface area contributed by atoms with Gasteiger partial charge in [0, 0.05) is 18.1 Å². The number of amides is 1. The van der Waals surface area contributed by atoms with Gasteiger partial charge in [-0.05, 0) is 43.0 Å². The van der Waals surface area contributed by atoms with Gasteiger partial charge in [-0.3, -0.25) is 9.36 Å². The Kier molecular flexibility index (Phi) is 5.69. The molecule has 1 aromatic heterocycles. The van der Waals surface area contributed by atoms with E-state index < -0.39 is 0 Å². The number of halogens is 1. The average Bonchev–Trinajstić information content (AvgIpc) is 3.40. The highest BCUT2D eigenvalue weighted by Crippen LogP contribution is 2.37. The lowest BCUT2D eigenvalue weighted by molar-refractivity contribution is -0.129. The lowest BCUT2D eigenvalue weighted by Crippen LogP contribution is -2.31. The summed E-state index contributed by atoms with van der Waals surface area (Å²) < 4.78 is 1.88. The molecule has 1 amide bonds. The van der Waals surface area contributed by atoms with Crippen LogP contribution < -0.4 is 0 Å². The third kappa shape index (κ3) is 3.93. The number of aromatic nitrogens is 3. The predicted molar refractivity (Wildman–Crippen MR) is 112 cm³/mol. The lowest BCUT2D eigenvalue weighted by atomic mass is 10.1. The van der Waals surface area contributed by atoms with Crippen molar-refractivity contribution in [2.24, 2.45) is 0 Å². The third-order valence-electron chi connectivity index (χ3n) is 4.92. The SMILES string of the molecule is Cc1ccc(-n2cnnc2S[C@H](C(=O)N2CCCC2)c2ccccc2)cc1Cl. The van der Waals surface area contributed by atoms with E-state index in [2.05, 4.69) is 10.2 Å². The zero-order chi connectivity index (χ0) is 19.5. The Bertz CT molecular complexity index is 970. The fourth-order valence-corrected chi connectivity index (χ4v) is 4.60. The van der Waals surface area contributed by atoms with E-state index in [0.717, 1.165) is 42.7 Å². The van der Waals surface area contributed by atoms with Crippen LogP contribution in [0, 0.1) is 6.92 Å². The number of rotatable bonds is 5. The summed E-state index contributed by atoms with van der Waals surface area (Å²) in [4.78, 5) is 15.2. The molecule has 0 N–H and O–H groups in total. The molecule has 2 aromatic carbocycles. The lowest BCUT2D eigenvalue weighted by Gasteiger charge is -2.23. The van der Waals surface area contributed by atoms with Crippen molar-refractivity contribution in [3.63, 3.8) is 0 Å². The van der Waals surface area contributed by atoms with E-state index in [0.29, 0.717) is 10.2 Å². The van der Waals surface area contributed by atoms with Gasteiger partial charge in [-0.2, -0.15) is 0 Å². The van der Waals surface area contributed by atoms with E-state index in [1.54, 1.807) is 6.33 Å². The molecule has 1 saturated heterocycles. The summed E-state index contributed by atoms with van der Waals surface area (Å²) in [6, 6.07) is 15.7. The summed E-state index contributed by atoms with van der Waals surface area (Å²) in [6.45, 7) is 3.61. The molecule has 28 heavy (non-hydrogen) atoms. The van der Waals surface area contributed by atoms with Crippen LogP contribution in [0.1, 0.15) is 29.2 Å². The van der Waals surface area contributed by atoms with Crippen molar-refractivity contribution in [2.45, 2.75) is 30.2 Å². The van der Waals surface area contributed by atoms with Crippen molar-refractivity contribution < 1.29 is 4.79 Å². The first kappa shape index (κ1) is 19.0. The number of thioether (sulfide) groups is 1. The topological polar surface area (TPSA) is 51.0 Å². The number of benzene rings is 2. The van der Waals surface area contributed by atoms with Crippen LogP contribution in [0.3, 0.4) is 0 Å². The monoisotopic (exact) mass is 412 g/mol. The smallest absolute Gasteiger partial charge is 0.240 e. The molecule has 1 atom stereocenters. The number of hydrogen-bond acceptors (Lipinski definition) is 4. The standard InChI is InChI=1S/C21H21ClN4OS/c1-15-9-10-17(13-18(15)22)26-14-23-24-21(26)28-19(16-7-3-2-4-8-16)20(27)25-11-5-6-12-25/h2-4,7-10,13-14,19H,5-6,11-12H2,1H3/t19-/m0/s1. The number of carbonyl (C=O) groups is 1. The second kappa shape index (κ2) is 8.37. The molecule has 4 rings (SSSR count). The fourth-order valence-electron chi connectivity index (χ4n) is 3.31. The zero-order valence-corrected chi connectivity index (χ0v) is 17.2. The molecule has 0 saturated carbocycles. The minimum Gasteiger partial charge on any atom is -0.341 e. The van der Waals surface area contributed by atoms with Gasteiger partial charge in [-0.15, -0.1) is 10.2 Å². The average molecular weight is 413 g/mol. The molecule has 7 heteroatoms. The van der Waals surface area contributed by atoms with Crippen LogP contribution in [0.4, 0.5) is 0 Å². The van der Waals surface area contributed by atoms with E-state index in [4.69, 9.17) is 11.6 Å². The molecular formula is C21H21ClN4OS. The van der Waals surface area contributed by atoms with Gasteiger partial charge in [-0.25, -0.2) is 0 Å². The highest BCUT2D eigenvalue weighted by Gasteiger charge is 2.30. The predicted octanol–water partition coefficient (Wildman–Crippen LogP) is 4.68. The van der Waals surface area contributed by atoms with Crippen molar-refractivity contribution in [1.82, 2.24) is 19.7 Å². The number of aryl methyl sites for hydroxylation is 1. The first-order valence-electron chi connectivity index (χ1n) is 9.30. The Balaban J connectivity index is 1.67. The van der Waals surface area contributed by atoms with E-state index in [-0.39, 0.29) is 11.2 Å². The molecule has 0 radical (unpaired) electrons. The Hall–Kier alpha value is -2.31. The number of carbonyl (C=O) groups excluding carboxylic acids is 1. The minimum atomic E-state index is -0.358. The number of hydrogen-bond donors (Lipinski definition) is 0. The summed E-state index contributed by atoms with van der Waals surface area (Å²) in [7, 11) is 0. The largest absolute Gasteiger partial charge is 0.341 e. The maximum atomic E-state index is 13.2. The summed E-state index contributed by atoms with van der Waals surface area (Å²) in [5, 5.41) is 9.36. The van der Waals surface area contributed by atoms with Crippen LogP contribution >= 0.6 is 23.4 Å². The van der Waals surface area contributed by atoms with E-state index >= 15 is 0 Å². The number of likely N-dealkylation sites (tertiary alicyclic amines) is 1. The van der Waals surface area contributed by atoms with E-state index in [9.17, 15) is 4.79 Å². The molecule has 5 nitrogen and oxygen atoms in total. The minimum absolute atomic E-state index is 0.130. The van der Waals surface area contributed by atoms with Crippen molar-refractivity contribution in [3.8, 4) is 5.69 Å². The highest BCUT2D eigenvalue weighted by molar-refractivity contribution is 8.00. The van der Waals surface area contributed by atoms with Crippen LogP contribution in [0.25, 0.3) is 5.69 Å². The Morgan fingerprint density at radius 1 is 1.14 bits per heavy atom. The van der Waals surface area contributed by atoms with Gasteiger partial charge in [0.15, 0.2) is 5.16 Å². The van der Waals surface area contributed by atoms with Gasteiger partial charge < -0.3 is 4.90 Å². The van der Waals surface area contributed by atoms with E-state index in [1.165, 1.54) is 11.8 Å². The molecule has 0 aliphatic carbocycles. The number of nitrogens with zero attached hydrogens (tertiary/aromatic N) is 4. The molecule has 0 unspecified atom stereocenters. The Morgan fingerprint density at radius 3 is 2.61 bits per heavy atom. The molecule has 1 fully saturated rings. The van der Waals surface area contributed by atoms with Gasteiger partial charge in [0.2, 0.25) is 5.91 Å². The van der Waals surface area contributed by atoms with Gasteiger partial charge in [0.25, 0.3) is 0 Å². The molecule has 3 aromatic rings. The maximum absolute atomic E-state index is 13.2. The van der Waals surface area contributed by atoms with Gasteiger partial charge in [0.1, 0.15) is 11.6 Å². The molecule has 0 bridgehead atoms. The summed E-state index contributed by atoms with van der Waals surface area (Å²) in [5.74, 6) is 0.130. The summed E-state index contributed by atoms with van der Waals surface area (Å²) in [5.41, 5.74) is 2.86. The van der Waals surface area contributed by atoms with Gasteiger partial charge in [-0.1, -0.05) is 59.8 Å². The summed E-state index contributed by atoms with van der Waals surface area (Å²) >= 11 is 7.73. The van der Waals surface area contributed by atoms with Crippen LogP contribution in [0.5, 0.6) is 0 Å². The van der Waals surface area contributed by atoms with Crippen LogP contribution in [0.15, 0.2) is 60.0 Å². The normalized spacial score (nSPS) is 15.0. The van der Waals surface area contributed by atoms with Gasteiger partial charge in [0.05, 0.1) is 5.69 Å². The zero-order valence-electron chi connectivity index (χ0n) is 15.6. The first-order valence-corrected chi connectivity index (χ1v) is 10.6. The quantitative estimate of drug-likeness (QED) is 0.570. The second-order valence-electron chi connectivity index (χ2n) is 6.86.